The quantitative estimate of drug-likeness (QED) is 0.840. The summed E-state index contributed by atoms with van der Waals surface area (Å²) >= 11 is 0. The van der Waals surface area contributed by atoms with Gasteiger partial charge in [-0.1, -0.05) is 37.6 Å². The molecule has 3 heteroatoms. The molecule has 0 aromatic heterocycles. The minimum Gasteiger partial charge on any atom is -0.389 e. The maximum Gasteiger partial charge on any atom is 0.166 e. The van der Waals surface area contributed by atoms with E-state index in [-0.39, 0.29) is 11.7 Å². The van der Waals surface area contributed by atoms with Crippen LogP contribution in [0.5, 0.6) is 0 Å². The molecule has 1 aliphatic rings. The maximum atomic E-state index is 12.4. The van der Waals surface area contributed by atoms with Gasteiger partial charge in [0.05, 0.1) is 6.10 Å². The van der Waals surface area contributed by atoms with Gasteiger partial charge < -0.3 is 10.0 Å². The van der Waals surface area contributed by atoms with Crippen LogP contribution >= 0.6 is 0 Å². The van der Waals surface area contributed by atoms with Crippen LogP contribution in [0.25, 0.3) is 0 Å². The lowest BCUT2D eigenvalue weighted by molar-refractivity contribution is 0.0883. The normalized spacial score (nSPS) is 19.6. The van der Waals surface area contributed by atoms with E-state index in [9.17, 15) is 9.90 Å². The predicted octanol–water partition coefficient (Wildman–Crippen LogP) is 3.04. The van der Waals surface area contributed by atoms with Crippen LogP contribution in [-0.2, 0) is 0 Å². The number of carbonyl (C=O) groups is 1. The van der Waals surface area contributed by atoms with Crippen LogP contribution in [0.1, 0.15) is 55.1 Å². The Labute approximate surface area is 121 Å². The average molecular weight is 275 g/mol. The molecule has 0 saturated carbocycles. The summed E-state index contributed by atoms with van der Waals surface area (Å²) < 4.78 is 0. The summed E-state index contributed by atoms with van der Waals surface area (Å²) in [5.74, 6) is 0.234. The minimum atomic E-state index is -0.482. The zero-order chi connectivity index (χ0) is 14.5. The molecule has 110 valence electrons. The van der Waals surface area contributed by atoms with Crippen molar-refractivity contribution < 1.29 is 9.90 Å². The number of carbonyl (C=O) groups excluding carboxylic acids is 1. The molecule has 1 heterocycles. The standard InChI is InChI=1S/C17H25NO2/c1-13(12-18-10-4-3-5-11-18)17(20)16-8-6-15(7-9-16)14(2)19/h6-9,13-14,19H,3-5,10-12H2,1-2H3. The largest absolute Gasteiger partial charge is 0.389 e. The van der Waals surface area contributed by atoms with E-state index in [1.807, 2.05) is 31.2 Å². The second-order valence-electron chi connectivity index (χ2n) is 5.92. The number of rotatable bonds is 5. The highest BCUT2D eigenvalue weighted by Gasteiger charge is 2.20. The summed E-state index contributed by atoms with van der Waals surface area (Å²) in [6.45, 7) is 6.85. The molecule has 1 N–H and O–H groups in total. The Morgan fingerprint density at radius 2 is 1.75 bits per heavy atom. The number of benzene rings is 1. The SMILES string of the molecule is CC(CN1CCCCC1)C(=O)c1ccc(C(C)O)cc1. The first-order valence-electron chi connectivity index (χ1n) is 7.62. The van der Waals surface area contributed by atoms with Gasteiger partial charge in [-0.3, -0.25) is 4.79 Å². The first-order chi connectivity index (χ1) is 9.58. The Morgan fingerprint density at radius 3 is 2.30 bits per heavy atom. The molecule has 2 atom stereocenters. The molecule has 20 heavy (non-hydrogen) atoms. The van der Waals surface area contributed by atoms with Crippen molar-refractivity contribution >= 4 is 5.78 Å². The van der Waals surface area contributed by atoms with Crippen molar-refractivity contribution in [3.63, 3.8) is 0 Å². The minimum absolute atomic E-state index is 0.0329. The fourth-order valence-electron chi connectivity index (χ4n) is 2.82. The third-order valence-corrected chi connectivity index (χ3v) is 4.11. The van der Waals surface area contributed by atoms with Crippen molar-refractivity contribution in [2.45, 2.75) is 39.2 Å². The van der Waals surface area contributed by atoms with Crippen LogP contribution in [0.3, 0.4) is 0 Å². The number of nitrogens with zero attached hydrogens (tertiary/aromatic N) is 1. The molecule has 1 aromatic rings. The van der Waals surface area contributed by atoms with Gasteiger partial charge in [0.1, 0.15) is 0 Å². The summed E-state index contributed by atoms with van der Waals surface area (Å²) in [5.41, 5.74) is 1.60. The predicted molar refractivity (Wildman–Crippen MR) is 80.9 cm³/mol. The van der Waals surface area contributed by atoms with E-state index in [1.165, 1.54) is 19.3 Å². The van der Waals surface area contributed by atoms with Gasteiger partial charge in [-0.2, -0.15) is 0 Å². The number of likely N-dealkylation sites (tertiary alicyclic amines) is 1. The lowest BCUT2D eigenvalue weighted by Crippen LogP contribution is -2.35. The van der Waals surface area contributed by atoms with Crippen molar-refractivity contribution in [1.29, 1.82) is 0 Å². The summed E-state index contributed by atoms with van der Waals surface area (Å²) in [6, 6.07) is 7.34. The van der Waals surface area contributed by atoms with Gasteiger partial charge in [0.25, 0.3) is 0 Å². The molecule has 0 radical (unpaired) electrons. The lowest BCUT2D eigenvalue weighted by atomic mass is 9.96. The average Bonchev–Trinajstić information content (AvgIpc) is 2.47. The second kappa shape index (κ2) is 7.00. The van der Waals surface area contributed by atoms with Crippen LogP contribution in [0, 0.1) is 5.92 Å². The lowest BCUT2D eigenvalue weighted by Gasteiger charge is -2.28. The smallest absolute Gasteiger partial charge is 0.166 e. The van der Waals surface area contributed by atoms with E-state index in [4.69, 9.17) is 0 Å². The molecular weight excluding hydrogens is 250 g/mol. The molecular formula is C17H25NO2. The van der Waals surface area contributed by atoms with Crippen LogP contribution in [0.2, 0.25) is 0 Å². The van der Waals surface area contributed by atoms with E-state index in [0.29, 0.717) is 0 Å². The molecule has 3 nitrogen and oxygen atoms in total. The van der Waals surface area contributed by atoms with E-state index < -0.39 is 6.10 Å². The highest BCUT2D eigenvalue weighted by Crippen LogP contribution is 2.17. The first kappa shape index (κ1) is 15.2. The van der Waals surface area contributed by atoms with Gasteiger partial charge in [0.2, 0.25) is 0 Å². The summed E-state index contributed by atoms with van der Waals surface area (Å²) in [7, 11) is 0. The number of aliphatic hydroxyl groups is 1. The van der Waals surface area contributed by atoms with Crippen LogP contribution < -0.4 is 0 Å². The van der Waals surface area contributed by atoms with E-state index >= 15 is 0 Å². The molecule has 0 spiro atoms. The van der Waals surface area contributed by atoms with E-state index in [0.717, 1.165) is 30.8 Å². The monoisotopic (exact) mass is 275 g/mol. The molecule has 2 unspecified atom stereocenters. The fourth-order valence-corrected chi connectivity index (χ4v) is 2.82. The van der Waals surface area contributed by atoms with Gasteiger partial charge in [-0.15, -0.1) is 0 Å². The Bertz CT molecular complexity index is 433. The van der Waals surface area contributed by atoms with Gasteiger partial charge in [0, 0.05) is 18.0 Å². The van der Waals surface area contributed by atoms with Gasteiger partial charge in [0.15, 0.2) is 5.78 Å². The van der Waals surface area contributed by atoms with Crippen LogP contribution in [0.15, 0.2) is 24.3 Å². The Balaban J connectivity index is 1.95. The Kier molecular flexibility index (Phi) is 5.32. The zero-order valence-electron chi connectivity index (χ0n) is 12.5. The Morgan fingerprint density at radius 1 is 1.15 bits per heavy atom. The first-order valence-corrected chi connectivity index (χ1v) is 7.62. The number of ketones is 1. The van der Waals surface area contributed by atoms with Crippen molar-refractivity contribution in [2.24, 2.45) is 5.92 Å². The summed E-state index contributed by atoms with van der Waals surface area (Å²) in [5, 5.41) is 9.49. The summed E-state index contributed by atoms with van der Waals surface area (Å²) in [4.78, 5) is 14.8. The number of hydrogen-bond acceptors (Lipinski definition) is 3. The third kappa shape index (κ3) is 3.90. The highest BCUT2D eigenvalue weighted by molar-refractivity contribution is 5.97. The number of hydrogen-bond donors (Lipinski definition) is 1. The van der Waals surface area contributed by atoms with Crippen molar-refractivity contribution in [1.82, 2.24) is 4.90 Å². The van der Waals surface area contributed by atoms with Crippen molar-refractivity contribution in [2.75, 3.05) is 19.6 Å². The zero-order valence-corrected chi connectivity index (χ0v) is 12.5. The molecule has 0 amide bonds. The van der Waals surface area contributed by atoms with E-state index in [1.54, 1.807) is 6.92 Å². The Hall–Kier alpha value is -1.19. The van der Waals surface area contributed by atoms with Crippen LogP contribution in [-0.4, -0.2) is 35.4 Å². The number of Topliss-reactive ketones (excluding diaryl/α,β-unsaturated/α-hetero) is 1. The maximum absolute atomic E-state index is 12.4. The molecule has 1 saturated heterocycles. The molecule has 1 aliphatic heterocycles. The fraction of sp³-hybridized carbons (Fsp3) is 0.588. The molecule has 0 bridgehead atoms. The topological polar surface area (TPSA) is 40.5 Å². The molecule has 2 rings (SSSR count). The van der Waals surface area contributed by atoms with Gasteiger partial charge in [-0.25, -0.2) is 0 Å². The van der Waals surface area contributed by atoms with E-state index in [2.05, 4.69) is 4.90 Å². The van der Waals surface area contributed by atoms with Gasteiger partial charge >= 0.3 is 0 Å². The second-order valence-corrected chi connectivity index (χ2v) is 5.92. The van der Waals surface area contributed by atoms with Crippen molar-refractivity contribution in [3.8, 4) is 0 Å². The molecule has 0 aliphatic carbocycles. The van der Waals surface area contributed by atoms with Gasteiger partial charge in [-0.05, 0) is 38.4 Å². The molecule has 1 aromatic carbocycles. The summed E-state index contributed by atoms with van der Waals surface area (Å²) in [6.07, 6.45) is 3.35. The number of aliphatic hydroxyl groups excluding tert-OH is 1. The molecule has 1 fully saturated rings. The third-order valence-electron chi connectivity index (χ3n) is 4.11. The number of piperidine rings is 1. The highest BCUT2D eigenvalue weighted by atomic mass is 16.3. The van der Waals surface area contributed by atoms with Crippen LogP contribution in [0.4, 0.5) is 0 Å². The van der Waals surface area contributed by atoms with Crippen molar-refractivity contribution in [3.05, 3.63) is 35.4 Å².